The number of hydrogen-bond donors (Lipinski definition) is 3. The van der Waals surface area contributed by atoms with E-state index in [0.717, 1.165) is 12.1 Å². The molecule has 3 N–H and O–H groups in total. The third-order valence-electron chi connectivity index (χ3n) is 6.17. The number of rotatable bonds is 5. The summed E-state index contributed by atoms with van der Waals surface area (Å²) in [6, 6.07) is 14.7. The molecule has 0 saturated carbocycles. The quantitative estimate of drug-likeness (QED) is 0.450. The zero-order valence-corrected chi connectivity index (χ0v) is 16.4. The fraction of sp³-hybridized carbons (Fsp3) is 0.292. The van der Waals surface area contributed by atoms with Crippen molar-refractivity contribution in [3.8, 4) is 0 Å². The number of aromatic amines is 1. The minimum Gasteiger partial charge on any atom is -0.383 e. The maximum absolute atomic E-state index is 12.5. The van der Waals surface area contributed by atoms with Crippen LogP contribution >= 0.6 is 0 Å². The zero-order chi connectivity index (χ0) is 19.8. The molecule has 2 heterocycles. The Morgan fingerprint density at radius 1 is 1.21 bits per heavy atom. The van der Waals surface area contributed by atoms with Crippen LogP contribution in [0, 0.1) is 5.92 Å². The Kier molecular flexibility index (Phi) is 4.60. The molecule has 29 heavy (non-hydrogen) atoms. The molecule has 2 aliphatic rings. The van der Waals surface area contributed by atoms with Crippen molar-refractivity contribution in [2.75, 3.05) is 25.6 Å². The molecule has 3 unspecified atom stereocenters. The molecule has 3 aromatic rings. The largest absolute Gasteiger partial charge is 0.383 e. The first kappa shape index (κ1) is 18.0. The van der Waals surface area contributed by atoms with Crippen LogP contribution in [0.4, 0.5) is 5.69 Å². The van der Waals surface area contributed by atoms with E-state index in [1.165, 1.54) is 22.0 Å². The Bertz CT molecular complexity index is 1080. The molecular formula is C24H25N3O2. The van der Waals surface area contributed by atoms with Gasteiger partial charge in [0.05, 0.1) is 12.6 Å². The normalized spacial score (nSPS) is 22.2. The van der Waals surface area contributed by atoms with Crippen LogP contribution < -0.4 is 10.6 Å². The number of allylic oxidation sites excluding steroid dienone is 2. The Hall–Kier alpha value is -3.05. The van der Waals surface area contributed by atoms with E-state index in [-0.39, 0.29) is 11.9 Å². The molecule has 5 rings (SSSR count). The molecular weight excluding hydrogens is 362 g/mol. The molecule has 1 aliphatic heterocycles. The van der Waals surface area contributed by atoms with Crippen molar-refractivity contribution >= 4 is 22.5 Å². The average Bonchev–Trinajstić information content (AvgIpc) is 3.40. The van der Waals surface area contributed by atoms with Crippen molar-refractivity contribution in [3.05, 3.63) is 77.5 Å². The molecule has 0 radical (unpaired) electrons. The summed E-state index contributed by atoms with van der Waals surface area (Å²) in [7, 11) is 1.63. The summed E-state index contributed by atoms with van der Waals surface area (Å²) in [5, 5.41) is 7.95. The van der Waals surface area contributed by atoms with E-state index in [2.05, 4.69) is 58.2 Å². The number of aromatic nitrogens is 1. The van der Waals surface area contributed by atoms with Gasteiger partial charge in [0, 0.05) is 47.9 Å². The lowest BCUT2D eigenvalue weighted by molar-refractivity contribution is 0.0937. The third-order valence-corrected chi connectivity index (χ3v) is 6.17. The Morgan fingerprint density at radius 3 is 3.00 bits per heavy atom. The van der Waals surface area contributed by atoms with Crippen molar-refractivity contribution in [1.82, 2.24) is 10.3 Å². The number of methoxy groups -OCH3 is 1. The minimum atomic E-state index is -0.0536. The van der Waals surface area contributed by atoms with Crippen LogP contribution in [0.2, 0.25) is 0 Å². The predicted octanol–water partition coefficient (Wildman–Crippen LogP) is 4.37. The van der Waals surface area contributed by atoms with Gasteiger partial charge in [0.2, 0.25) is 0 Å². The van der Waals surface area contributed by atoms with Crippen LogP contribution in [-0.4, -0.2) is 31.2 Å². The van der Waals surface area contributed by atoms with Gasteiger partial charge >= 0.3 is 0 Å². The van der Waals surface area contributed by atoms with E-state index in [1.807, 2.05) is 18.2 Å². The molecule has 1 amide bonds. The van der Waals surface area contributed by atoms with E-state index in [1.54, 1.807) is 7.11 Å². The molecule has 0 fully saturated rings. The fourth-order valence-corrected chi connectivity index (χ4v) is 4.76. The Labute approximate surface area is 170 Å². The molecule has 1 aromatic heterocycles. The highest BCUT2D eigenvalue weighted by atomic mass is 16.5. The van der Waals surface area contributed by atoms with Crippen molar-refractivity contribution in [2.45, 2.75) is 18.4 Å². The first-order chi connectivity index (χ1) is 14.3. The van der Waals surface area contributed by atoms with E-state index in [4.69, 9.17) is 4.74 Å². The highest BCUT2D eigenvalue weighted by molar-refractivity contribution is 5.95. The van der Waals surface area contributed by atoms with Gasteiger partial charge in [-0.25, -0.2) is 0 Å². The van der Waals surface area contributed by atoms with Gasteiger partial charge in [-0.1, -0.05) is 30.4 Å². The lowest BCUT2D eigenvalue weighted by Crippen LogP contribution is -2.30. The third kappa shape index (κ3) is 3.12. The number of hydrogen-bond acceptors (Lipinski definition) is 3. The van der Waals surface area contributed by atoms with Crippen molar-refractivity contribution in [2.24, 2.45) is 5.92 Å². The highest BCUT2D eigenvalue weighted by Gasteiger charge is 2.39. The summed E-state index contributed by atoms with van der Waals surface area (Å²) in [5.41, 5.74) is 5.50. The first-order valence-electron chi connectivity index (χ1n) is 10.2. The van der Waals surface area contributed by atoms with E-state index >= 15 is 0 Å². The summed E-state index contributed by atoms with van der Waals surface area (Å²) >= 11 is 0. The fourth-order valence-electron chi connectivity index (χ4n) is 4.76. The van der Waals surface area contributed by atoms with Crippen LogP contribution in [0.1, 0.15) is 39.9 Å². The van der Waals surface area contributed by atoms with Crippen LogP contribution in [0.25, 0.3) is 10.9 Å². The van der Waals surface area contributed by atoms with Crippen molar-refractivity contribution in [1.29, 1.82) is 0 Å². The molecule has 5 nitrogen and oxygen atoms in total. The number of carbonyl (C=O) groups is 1. The topological polar surface area (TPSA) is 66.1 Å². The van der Waals surface area contributed by atoms with Gasteiger partial charge in [0.1, 0.15) is 0 Å². The van der Waals surface area contributed by atoms with Gasteiger partial charge in [-0.3, -0.25) is 4.79 Å². The standard InChI is InChI=1S/C24H25N3O2/c1-29-12-11-25-24(28)15-9-10-22-19(13-15)16-6-4-7-18(16)23(27-22)20-14-26-21-8-3-2-5-17(20)21/h2-6,8-10,13-14,16,18,23,26-27H,7,11-12H2,1H3,(H,25,28). The Morgan fingerprint density at radius 2 is 2.10 bits per heavy atom. The molecule has 0 bridgehead atoms. The van der Waals surface area contributed by atoms with Gasteiger partial charge in [-0.15, -0.1) is 0 Å². The number of ether oxygens (including phenoxy) is 1. The first-order valence-corrected chi connectivity index (χ1v) is 10.2. The lowest BCUT2D eigenvalue weighted by atomic mass is 9.76. The summed E-state index contributed by atoms with van der Waals surface area (Å²) in [6.07, 6.45) is 7.75. The smallest absolute Gasteiger partial charge is 0.251 e. The molecule has 148 valence electrons. The second-order valence-corrected chi connectivity index (χ2v) is 7.82. The second-order valence-electron chi connectivity index (χ2n) is 7.82. The lowest BCUT2D eigenvalue weighted by Gasteiger charge is -2.37. The van der Waals surface area contributed by atoms with Gasteiger partial charge < -0.3 is 20.4 Å². The molecule has 1 aliphatic carbocycles. The van der Waals surface area contributed by atoms with Gasteiger partial charge in [-0.2, -0.15) is 0 Å². The van der Waals surface area contributed by atoms with Crippen LogP contribution in [0.3, 0.4) is 0 Å². The number of anilines is 1. The Balaban J connectivity index is 1.48. The second kappa shape index (κ2) is 7.41. The van der Waals surface area contributed by atoms with E-state index in [0.29, 0.717) is 30.6 Å². The molecule has 3 atom stereocenters. The van der Waals surface area contributed by atoms with E-state index < -0.39 is 0 Å². The summed E-state index contributed by atoms with van der Waals surface area (Å²) in [6.45, 7) is 1.03. The number of para-hydroxylation sites is 1. The van der Waals surface area contributed by atoms with Crippen LogP contribution in [0.5, 0.6) is 0 Å². The van der Waals surface area contributed by atoms with Crippen molar-refractivity contribution < 1.29 is 9.53 Å². The summed E-state index contributed by atoms with van der Waals surface area (Å²) in [5.74, 6) is 0.701. The molecule has 0 spiro atoms. The maximum Gasteiger partial charge on any atom is 0.251 e. The zero-order valence-electron chi connectivity index (χ0n) is 16.4. The maximum atomic E-state index is 12.5. The monoisotopic (exact) mass is 387 g/mol. The number of nitrogens with one attached hydrogen (secondary N) is 3. The number of benzene rings is 2. The van der Waals surface area contributed by atoms with Crippen molar-refractivity contribution in [3.63, 3.8) is 0 Å². The van der Waals surface area contributed by atoms with Gasteiger partial charge in [0.25, 0.3) is 5.91 Å². The number of amides is 1. The minimum absolute atomic E-state index is 0.0536. The SMILES string of the molecule is COCCNC(=O)c1ccc2c(c1)C1C=CCC1C(c1c[nH]c3ccccc13)N2. The highest BCUT2D eigenvalue weighted by Crippen LogP contribution is 2.50. The van der Waals surface area contributed by atoms with Crippen LogP contribution in [0.15, 0.2) is 60.8 Å². The van der Waals surface area contributed by atoms with Gasteiger partial charge in [-0.05, 0) is 47.7 Å². The average molecular weight is 387 g/mol. The van der Waals surface area contributed by atoms with Gasteiger partial charge in [0.15, 0.2) is 0 Å². The number of fused-ring (bicyclic) bond motifs is 4. The van der Waals surface area contributed by atoms with E-state index in [9.17, 15) is 4.79 Å². The molecule has 5 heteroatoms. The summed E-state index contributed by atoms with van der Waals surface area (Å²) in [4.78, 5) is 15.9. The van der Waals surface area contributed by atoms with Crippen LogP contribution in [-0.2, 0) is 4.74 Å². The number of H-pyrrole nitrogens is 1. The molecule has 0 saturated heterocycles. The summed E-state index contributed by atoms with van der Waals surface area (Å²) < 4.78 is 5.02. The number of carbonyl (C=O) groups excluding carboxylic acids is 1. The predicted molar refractivity (Wildman–Crippen MR) is 115 cm³/mol. The molecule has 2 aromatic carbocycles.